The molecule has 0 N–H and O–H groups in total. The van der Waals surface area contributed by atoms with Crippen molar-refractivity contribution in [2.75, 3.05) is 27.3 Å². The number of carbonyl (C=O) groups excluding carboxylic acids is 1. The smallest absolute Gasteiger partial charge is 0.311 e. The van der Waals surface area contributed by atoms with Crippen LogP contribution in [-0.2, 0) is 35.5 Å². The lowest BCUT2D eigenvalue weighted by Crippen LogP contribution is -2.27. The van der Waals surface area contributed by atoms with E-state index in [2.05, 4.69) is 9.88 Å². The van der Waals surface area contributed by atoms with Gasteiger partial charge in [-0.05, 0) is 49.9 Å². The van der Waals surface area contributed by atoms with E-state index >= 15 is 0 Å². The van der Waals surface area contributed by atoms with Gasteiger partial charge in [-0.3, -0.25) is 14.6 Å². The van der Waals surface area contributed by atoms with Gasteiger partial charge in [0.05, 0.1) is 43.6 Å². The van der Waals surface area contributed by atoms with E-state index in [4.69, 9.17) is 14.5 Å². The van der Waals surface area contributed by atoms with Crippen LogP contribution in [0.2, 0.25) is 0 Å². The van der Waals surface area contributed by atoms with Crippen molar-refractivity contribution < 1.29 is 18.7 Å². The van der Waals surface area contributed by atoms with Crippen molar-refractivity contribution in [3.05, 3.63) is 118 Å². The van der Waals surface area contributed by atoms with Gasteiger partial charge in [-0.25, -0.2) is 13.8 Å². The third kappa shape index (κ3) is 6.81. The molecule has 0 aliphatic carbocycles. The number of pyridine rings is 1. The molecule has 0 spiro atoms. The minimum absolute atomic E-state index is 0.105. The van der Waals surface area contributed by atoms with E-state index in [-0.39, 0.29) is 30.9 Å². The number of esters is 1. The number of benzene rings is 2. The predicted molar refractivity (Wildman–Crippen MR) is 162 cm³/mol. The Hall–Kier alpha value is -4.83. The lowest BCUT2D eigenvalue weighted by Gasteiger charge is -2.18. The van der Waals surface area contributed by atoms with Crippen LogP contribution in [0.5, 0.6) is 5.75 Å². The van der Waals surface area contributed by atoms with E-state index in [1.54, 1.807) is 65.7 Å². The largest absolute Gasteiger partial charge is 0.497 e. The summed E-state index contributed by atoms with van der Waals surface area (Å²) >= 11 is 0. The zero-order valence-corrected chi connectivity index (χ0v) is 24.5. The Morgan fingerprint density at radius 2 is 1.88 bits per heavy atom. The molecular weight excluding hydrogens is 549 g/mol. The standard InChI is InChI=1S/C33H34FN5O4/c1-4-43-31(40)19-29-30(22-37(2)17-15-25-12-7-8-16-35-25)39-32(41)27(23-11-9-13-26(18-23)42-3)21-38(33(39)36-29)20-24-10-5-6-14-28(24)34/h5-14,16,18,21H,4,15,17,19-20,22H2,1-3H3. The van der Waals surface area contributed by atoms with E-state index in [0.29, 0.717) is 59.1 Å². The summed E-state index contributed by atoms with van der Waals surface area (Å²) < 4.78 is 28.8. The highest BCUT2D eigenvalue weighted by Crippen LogP contribution is 2.24. The summed E-state index contributed by atoms with van der Waals surface area (Å²) in [6, 6.07) is 19.5. The molecule has 43 heavy (non-hydrogen) atoms. The molecule has 0 unspecified atom stereocenters. The van der Waals surface area contributed by atoms with Gasteiger partial charge in [0.25, 0.3) is 5.56 Å². The molecule has 5 rings (SSSR count). The maximum absolute atomic E-state index is 14.8. The number of halogens is 1. The number of aromatic nitrogens is 4. The van der Waals surface area contributed by atoms with Crippen LogP contribution in [0, 0.1) is 5.82 Å². The predicted octanol–water partition coefficient (Wildman–Crippen LogP) is 4.53. The van der Waals surface area contributed by atoms with Gasteiger partial charge in [0.15, 0.2) is 0 Å². The summed E-state index contributed by atoms with van der Waals surface area (Å²) in [5.41, 5.74) is 3.13. The number of hydrogen-bond acceptors (Lipinski definition) is 7. The van der Waals surface area contributed by atoms with Crippen LogP contribution < -0.4 is 10.3 Å². The van der Waals surface area contributed by atoms with Crippen LogP contribution in [0.3, 0.4) is 0 Å². The highest BCUT2D eigenvalue weighted by molar-refractivity contribution is 5.73. The molecule has 9 nitrogen and oxygen atoms in total. The molecule has 3 heterocycles. The minimum Gasteiger partial charge on any atom is -0.497 e. The molecule has 10 heteroatoms. The van der Waals surface area contributed by atoms with Crippen LogP contribution in [-0.4, -0.2) is 57.1 Å². The summed E-state index contributed by atoms with van der Waals surface area (Å²) in [6.07, 6.45) is 4.05. The molecule has 0 aliphatic rings. The van der Waals surface area contributed by atoms with Gasteiger partial charge < -0.3 is 18.9 Å². The quantitative estimate of drug-likeness (QED) is 0.199. The Bertz CT molecular complexity index is 1780. The molecule has 222 valence electrons. The first kappa shape index (κ1) is 29.7. The lowest BCUT2D eigenvalue weighted by atomic mass is 10.1. The van der Waals surface area contributed by atoms with Crippen LogP contribution in [0.4, 0.5) is 4.39 Å². The molecule has 0 aliphatic heterocycles. The molecule has 0 saturated heterocycles. The van der Waals surface area contributed by atoms with Crippen molar-refractivity contribution in [2.45, 2.75) is 32.9 Å². The van der Waals surface area contributed by atoms with Crippen molar-refractivity contribution in [3.63, 3.8) is 0 Å². The highest BCUT2D eigenvalue weighted by Gasteiger charge is 2.23. The molecule has 0 radical (unpaired) electrons. The van der Waals surface area contributed by atoms with E-state index in [1.165, 1.54) is 6.07 Å². The minimum atomic E-state index is -0.440. The Morgan fingerprint density at radius 1 is 1.07 bits per heavy atom. The van der Waals surface area contributed by atoms with E-state index in [0.717, 1.165) is 5.69 Å². The van der Waals surface area contributed by atoms with Gasteiger partial charge in [-0.15, -0.1) is 0 Å². The van der Waals surface area contributed by atoms with E-state index < -0.39 is 5.97 Å². The summed E-state index contributed by atoms with van der Waals surface area (Å²) in [6.45, 7) is 3.08. The van der Waals surface area contributed by atoms with Crippen molar-refractivity contribution in [3.8, 4) is 16.9 Å². The number of likely N-dealkylation sites (N-methyl/N-ethyl adjacent to an activating group) is 1. The second kappa shape index (κ2) is 13.4. The first-order valence-corrected chi connectivity index (χ1v) is 14.1. The number of carbonyl (C=O) groups is 1. The zero-order chi connectivity index (χ0) is 30.3. The normalized spacial score (nSPS) is 11.3. The Labute approximate surface area is 249 Å². The van der Waals surface area contributed by atoms with Gasteiger partial charge in [0, 0.05) is 43.2 Å². The monoisotopic (exact) mass is 583 g/mol. The average Bonchev–Trinajstić information content (AvgIpc) is 3.37. The van der Waals surface area contributed by atoms with E-state index in [1.807, 2.05) is 37.4 Å². The zero-order valence-electron chi connectivity index (χ0n) is 24.5. The summed E-state index contributed by atoms with van der Waals surface area (Å²) in [4.78, 5) is 38.2. The molecule has 0 bridgehead atoms. The maximum atomic E-state index is 14.8. The Balaban J connectivity index is 1.66. The third-order valence-electron chi connectivity index (χ3n) is 7.21. The Morgan fingerprint density at radius 3 is 2.63 bits per heavy atom. The van der Waals surface area contributed by atoms with Crippen molar-refractivity contribution >= 4 is 11.7 Å². The molecule has 5 aromatic rings. The number of ether oxygens (including phenoxy) is 2. The first-order chi connectivity index (χ1) is 20.9. The first-order valence-electron chi connectivity index (χ1n) is 14.1. The molecule has 0 amide bonds. The van der Waals surface area contributed by atoms with Gasteiger partial charge in [0.2, 0.25) is 5.78 Å². The number of rotatable bonds is 12. The fourth-order valence-electron chi connectivity index (χ4n) is 5.03. The molecule has 0 fully saturated rings. The SMILES string of the molecule is CCOC(=O)Cc1nc2n(Cc3ccccc3F)cc(-c3cccc(OC)c3)c(=O)n2c1CN(C)CCc1ccccn1. The van der Waals surface area contributed by atoms with Crippen molar-refractivity contribution in [1.29, 1.82) is 0 Å². The van der Waals surface area contributed by atoms with Crippen LogP contribution in [0.15, 0.2) is 83.9 Å². The number of imidazole rings is 1. The van der Waals surface area contributed by atoms with Gasteiger partial charge in [0.1, 0.15) is 11.6 Å². The Kier molecular flexibility index (Phi) is 9.26. The topological polar surface area (TPSA) is 91.0 Å². The number of fused-ring (bicyclic) bond motifs is 1. The number of methoxy groups -OCH3 is 1. The van der Waals surface area contributed by atoms with Gasteiger partial charge >= 0.3 is 5.97 Å². The third-order valence-corrected chi connectivity index (χ3v) is 7.21. The second-order valence-electron chi connectivity index (χ2n) is 10.2. The summed E-state index contributed by atoms with van der Waals surface area (Å²) in [5.74, 6) is 0.104. The van der Waals surface area contributed by atoms with E-state index in [9.17, 15) is 14.0 Å². The van der Waals surface area contributed by atoms with Crippen LogP contribution >= 0.6 is 0 Å². The van der Waals surface area contributed by atoms with Crippen LogP contribution in [0.1, 0.15) is 29.6 Å². The van der Waals surface area contributed by atoms with Gasteiger partial charge in [-0.2, -0.15) is 0 Å². The summed E-state index contributed by atoms with van der Waals surface area (Å²) in [7, 11) is 3.51. The fourth-order valence-corrected chi connectivity index (χ4v) is 5.03. The van der Waals surface area contributed by atoms with Crippen molar-refractivity contribution in [1.82, 2.24) is 23.8 Å². The second-order valence-corrected chi connectivity index (χ2v) is 10.2. The molecular formula is C33H34FN5O4. The number of hydrogen-bond donors (Lipinski definition) is 0. The molecule has 0 saturated carbocycles. The highest BCUT2D eigenvalue weighted by atomic mass is 19.1. The fraction of sp³-hybridized carbons (Fsp3) is 0.273. The molecule has 0 atom stereocenters. The maximum Gasteiger partial charge on any atom is 0.311 e. The molecule has 3 aromatic heterocycles. The number of nitrogens with zero attached hydrogens (tertiary/aromatic N) is 5. The summed E-state index contributed by atoms with van der Waals surface area (Å²) in [5, 5.41) is 0. The lowest BCUT2D eigenvalue weighted by molar-refractivity contribution is -0.142. The van der Waals surface area contributed by atoms with Gasteiger partial charge in [-0.1, -0.05) is 36.4 Å². The van der Waals surface area contributed by atoms with Crippen molar-refractivity contribution in [2.24, 2.45) is 0 Å². The molecule has 2 aromatic carbocycles. The van der Waals surface area contributed by atoms with Crippen LogP contribution in [0.25, 0.3) is 16.9 Å². The average molecular weight is 584 g/mol.